The minimum Gasteiger partial charge on any atom is -0.493 e. The van der Waals surface area contributed by atoms with Crippen LogP contribution in [-0.4, -0.2) is 25.9 Å². The van der Waals surface area contributed by atoms with Crippen LogP contribution >= 0.6 is 11.6 Å². The Morgan fingerprint density at radius 1 is 0.949 bits per heavy atom. The molecule has 3 aromatic rings. The van der Waals surface area contributed by atoms with Crippen LogP contribution in [0, 0.1) is 6.92 Å². The van der Waals surface area contributed by atoms with Crippen molar-refractivity contribution in [3.05, 3.63) is 111 Å². The van der Waals surface area contributed by atoms with E-state index in [2.05, 4.69) is 10.6 Å². The highest BCUT2D eigenvalue weighted by atomic mass is 35.5. The van der Waals surface area contributed by atoms with Crippen molar-refractivity contribution in [3.63, 3.8) is 0 Å². The molecule has 6 nitrogen and oxygen atoms in total. The fourth-order valence-corrected chi connectivity index (χ4v) is 5.78. The lowest BCUT2D eigenvalue weighted by Gasteiger charge is -2.37. The van der Waals surface area contributed by atoms with Gasteiger partial charge in [-0.05, 0) is 67.6 Å². The molecule has 2 N–H and O–H groups in total. The number of anilines is 1. The Kier molecular flexibility index (Phi) is 7.49. The molecule has 39 heavy (non-hydrogen) atoms. The average molecular weight is 543 g/mol. The zero-order valence-electron chi connectivity index (χ0n) is 22.4. The van der Waals surface area contributed by atoms with Crippen LogP contribution in [0.3, 0.4) is 0 Å². The molecule has 0 saturated carbocycles. The van der Waals surface area contributed by atoms with Crippen molar-refractivity contribution in [1.82, 2.24) is 5.32 Å². The lowest BCUT2D eigenvalue weighted by atomic mass is 9.71. The Morgan fingerprint density at radius 2 is 1.67 bits per heavy atom. The maximum absolute atomic E-state index is 13.9. The number of ether oxygens (including phenoxy) is 2. The number of allylic oxidation sites excluding steroid dienone is 3. The number of halogens is 1. The van der Waals surface area contributed by atoms with Crippen LogP contribution in [0.1, 0.15) is 48.3 Å². The van der Waals surface area contributed by atoms with Crippen LogP contribution in [0.15, 0.2) is 89.3 Å². The molecule has 1 aliphatic carbocycles. The van der Waals surface area contributed by atoms with E-state index in [-0.39, 0.29) is 17.6 Å². The highest BCUT2D eigenvalue weighted by Crippen LogP contribution is 2.47. The summed E-state index contributed by atoms with van der Waals surface area (Å²) >= 11 is 6.68. The first-order chi connectivity index (χ1) is 18.8. The number of amides is 1. The Labute approximate surface area is 233 Å². The zero-order valence-corrected chi connectivity index (χ0v) is 23.2. The number of methoxy groups -OCH3 is 2. The van der Waals surface area contributed by atoms with E-state index >= 15 is 0 Å². The summed E-state index contributed by atoms with van der Waals surface area (Å²) < 4.78 is 10.9. The normalized spacial score (nSPS) is 18.8. The Hall–Kier alpha value is -4.03. The maximum atomic E-state index is 13.9. The van der Waals surface area contributed by atoms with E-state index in [0.717, 1.165) is 22.4 Å². The molecular formula is C32H31ClN2O4. The van der Waals surface area contributed by atoms with Gasteiger partial charge >= 0.3 is 0 Å². The monoisotopic (exact) mass is 542 g/mol. The van der Waals surface area contributed by atoms with Crippen LogP contribution < -0.4 is 20.1 Å². The number of hydrogen-bond donors (Lipinski definition) is 2. The number of aryl methyl sites for hydroxylation is 1. The number of benzene rings is 3. The number of dihydropyridines is 1. The number of hydrogen-bond acceptors (Lipinski definition) is 5. The van der Waals surface area contributed by atoms with Crippen molar-refractivity contribution in [1.29, 1.82) is 0 Å². The van der Waals surface area contributed by atoms with Crippen LogP contribution in [0.25, 0.3) is 0 Å². The van der Waals surface area contributed by atoms with Gasteiger partial charge in [0.2, 0.25) is 0 Å². The number of carbonyl (C=O) groups excluding carboxylic acids is 2. The van der Waals surface area contributed by atoms with Crippen LogP contribution in [-0.2, 0) is 9.59 Å². The van der Waals surface area contributed by atoms with E-state index in [9.17, 15) is 9.59 Å². The largest absolute Gasteiger partial charge is 0.493 e. The second kappa shape index (κ2) is 11.0. The smallest absolute Gasteiger partial charge is 0.254 e. The fourth-order valence-electron chi connectivity index (χ4n) is 5.54. The third kappa shape index (κ3) is 5.17. The van der Waals surface area contributed by atoms with Crippen molar-refractivity contribution in [3.8, 4) is 11.5 Å². The molecule has 0 unspecified atom stereocenters. The van der Waals surface area contributed by atoms with Crippen molar-refractivity contribution in [2.75, 3.05) is 19.5 Å². The second-order valence-electron chi connectivity index (χ2n) is 9.97. The first kappa shape index (κ1) is 26.6. The summed E-state index contributed by atoms with van der Waals surface area (Å²) in [7, 11) is 3.20. The number of nitrogens with one attached hydrogen (secondary N) is 2. The van der Waals surface area contributed by atoms with E-state index in [0.29, 0.717) is 51.9 Å². The van der Waals surface area contributed by atoms with Gasteiger partial charge in [0.15, 0.2) is 17.3 Å². The first-order valence-corrected chi connectivity index (χ1v) is 13.3. The Morgan fingerprint density at radius 3 is 2.36 bits per heavy atom. The molecule has 0 saturated heterocycles. The molecular weight excluding hydrogens is 512 g/mol. The predicted octanol–water partition coefficient (Wildman–Crippen LogP) is 6.67. The first-order valence-electron chi connectivity index (χ1n) is 12.9. The molecule has 0 spiro atoms. The van der Waals surface area contributed by atoms with Gasteiger partial charge in [-0.2, -0.15) is 0 Å². The third-order valence-electron chi connectivity index (χ3n) is 7.48. The molecule has 2 atom stereocenters. The minimum absolute atomic E-state index is 0.0124. The highest BCUT2D eigenvalue weighted by molar-refractivity contribution is 6.31. The van der Waals surface area contributed by atoms with Crippen LogP contribution in [0.4, 0.5) is 5.69 Å². The Balaban J connectivity index is 1.55. The van der Waals surface area contributed by atoms with E-state index < -0.39 is 5.92 Å². The van der Waals surface area contributed by atoms with E-state index in [1.54, 1.807) is 20.3 Å². The molecule has 1 aliphatic heterocycles. The van der Waals surface area contributed by atoms with Gasteiger partial charge in [0.05, 0.1) is 14.2 Å². The van der Waals surface area contributed by atoms with Gasteiger partial charge in [-0.1, -0.05) is 53.6 Å². The summed E-state index contributed by atoms with van der Waals surface area (Å²) in [4.78, 5) is 27.6. The highest BCUT2D eigenvalue weighted by Gasteiger charge is 2.41. The topological polar surface area (TPSA) is 76.7 Å². The standard InChI is InChI=1S/C32H31ClN2O4/c1-18-9-12-22(13-10-18)35-32(37)29-19(2)34-25-15-21(20-11-14-27(38-3)28(17-20)39-4)16-26(36)31(25)30(29)23-7-5-6-8-24(23)33/h5-14,17,21,30,34H,15-16H2,1-4H3,(H,35,37)/t21-,30+/m0/s1. The van der Waals surface area contributed by atoms with E-state index in [1.165, 1.54) is 0 Å². The lowest BCUT2D eigenvalue weighted by Crippen LogP contribution is -2.37. The second-order valence-corrected chi connectivity index (χ2v) is 10.4. The molecule has 1 amide bonds. The molecule has 2 aliphatic rings. The minimum atomic E-state index is -0.584. The van der Waals surface area contributed by atoms with Gasteiger partial charge in [0.25, 0.3) is 5.91 Å². The molecule has 5 rings (SSSR count). The maximum Gasteiger partial charge on any atom is 0.254 e. The van der Waals surface area contributed by atoms with E-state index in [4.69, 9.17) is 21.1 Å². The third-order valence-corrected chi connectivity index (χ3v) is 7.82. The van der Waals surface area contributed by atoms with Crippen molar-refractivity contribution < 1.29 is 19.1 Å². The average Bonchev–Trinajstić information content (AvgIpc) is 2.93. The Bertz CT molecular complexity index is 1510. The van der Waals surface area contributed by atoms with Gasteiger partial charge in [-0.15, -0.1) is 0 Å². The molecule has 0 bridgehead atoms. The molecule has 0 aromatic heterocycles. The summed E-state index contributed by atoms with van der Waals surface area (Å²) in [5.41, 5.74) is 6.12. The van der Waals surface area contributed by atoms with Gasteiger partial charge in [0.1, 0.15) is 0 Å². The molecule has 0 radical (unpaired) electrons. The summed E-state index contributed by atoms with van der Waals surface area (Å²) in [6.07, 6.45) is 0.921. The quantitative estimate of drug-likeness (QED) is 0.364. The van der Waals surface area contributed by atoms with Gasteiger partial charge < -0.3 is 20.1 Å². The van der Waals surface area contributed by atoms with Crippen LogP contribution in [0.2, 0.25) is 5.02 Å². The van der Waals surface area contributed by atoms with E-state index in [1.807, 2.05) is 74.5 Å². The van der Waals surface area contributed by atoms with Crippen molar-refractivity contribution >= 4 is 29.0 Å². The molecule has 3 aromatic carbocycles. The molecule has 0 fully saturated rings. The SMILES string of the molecule is COc1ccc([C@@H]2CC(=O)C3=C(C2)NC(C)=C(C(=O)Nc2ccc(C)cc2)[C@H]3c2ccccc2Cl)cc1OC. The predicted molar refractivity (Wildman–Crippen MR) is 153 cm³/mol. The van der Waals surface area contributed by atoms with Gasteiger partial charge in [0, 0.05) is 45.6 Å². The molecule has 200 valence electrons. The number of Topliss-reactive ketones (excluding diaryl/α,β-unsaturated/α-hetero) is 1. The fraction of sp³-hybridized carbons (Fsp3) is 0.250. The van der Waals surface area contributed by atoms with Gasteiger partial charge in [-0.25, -0.2) is 0 Å². The van der Waals surface area contributed by atoms with Gasteiger partial charge in [-0.3, -0.25) is 9.59 Å². The summed E-state index contributed by atoms with van der Waals surface area (Å²) in [6.45, 7) is 3.87. The molecule has 1 heterocycles. The lowest BCUT2D eigenvalue weighted by molar-refractivity contribution is -0.116. The van der Waals surface area contributed by atoms with Crippen molar-refractivity contribution in [2.45, 2.75) is 38.5 Å². The zero-order chi connectivity index (χ0) is 27.7. The number of ketones is 1. The van der Waals surface area contributed by atoms with Crippen LogP contribution in [0.5, 0.6) is 11.5 Å². The number of rotatable bonds is 6. The summed E-state index contributed by atoms with van der Waals surface area (Å²) in [5, 5.41) is 6.95. The summed E-state index contributed by atoms with van der Waals surface area (Å²) in [6, 6.07) is 20.8. The number of carbonyl (C=O) groups is 2. The summed E-state index contributed by atoms with van der Waals surface area (Å²) in [5.74, 6) is 0.349. The van der Waals surface area contributed by atoms with Crippen molar-refractivity contribution in [2.24, 2.45) is 0 Å². The molecule has 7 heteroatoms.